The van der Waals surface area contributed by atoms with Crippen LogP contribution in [0.2, 0.25) is 0 Å². The van der Waals surface area contributed by atoms with Gasteiger partial charge < -0.3 is 10.4 Å². The van der Waals surface area contributed by atoms with Gasteiger partial charge in [0.05, 0.1) is 5.69 Å². The van der Waals surface area contributed by atoms with Crippen LogP contribution in [0.4, 0.5) is 0 Å². The first kappa shape index (κ1) is 14.5. The van der Waals surface area contributed by atoms with Gasteiger partial charge in [0.15, 0.2) is 0 Å². The Bertz CT molecular complexity index is 537. The molecular weight excluding hydrogens is 248 g/mol. The first-order chi connectivity index (χ1) is 9.63. The van der Waals surface area contributed by atoms with E-state index in [9.17, 15) is 5.11 Å². The number of benzene rings is 1. The van der Waals surface area contributed by atoms with Crippen LogP contribution in [0.25, 0.3) is 0 Å². The molecule has 3 heteroatoms. The van der Waals surface area contributed by atoms with E-state index in [4.69, 9.17) is 0 Å². The molecular formula is C17H22N2O. The van der Waals surface area contributed by atoms with Gasteiger partial charge in [-0.05, 0) is 56.5 Å². The fourth-order valence-electron chi connectivity index (χ4n) is 2.12. The average Bonchev–Trinajstić information content (AvgIpc) is 2.45. The second kappa shape index (κ2) is 7.06. The average molecular weight is 270 g/mol. The zero-order valence-electron chi connectivity index (χ0n) is 12.1. The molecule has 0 aliphatic carbocycles. The highest BCUT2D eigenvalue weighted by Gasteiger charge is 2.03. The number of nitrogens with zero attached hydrogens (tertiary/aromatic N) is 1. The molecule has 1 atom stereocenters. The smallest absolute Gasteiger partial charge is 0.115 e. The molecule has 2 N–H and O–H groups in total. The Morgan fingerprint density at radius 3 is 2.60 bits per heavy atom. The van der Waals surface area contributed by atoms with Crippen molar-refractivity contribution in [2.24, 2.45) is 0 Å². The molecule has 0 aliphatic rings. The molecule has 1 aromatic carbocycles. The van der Waals surface area contributed by atoms with Crippen molar-refractivity contribution in [3.05, 3.63) is 59.4 Å². The first-order valence-electron chi connectivity index (χ1n) is 7.07. The van der Waals surface area contributed by atoms with Crippen LogP contribution >= 0.6 is 0 Å². The normalized spacial score (nSPS) is 12.3. The number of aryl methyl sites for hydroxylation is 2. The number of pyridine rings is 1. The maximum absolute atomic E-state index is 9.25. The van der Waals surface area contributed by atoms with Crippen molar-refractivity contribution in [3.8, 4) is 5.75 Å². The van der Waals surface area contributed by atoms with Gasteiger partial charge in [-0.25, -0.2) is 0 Å². The van der Waals surface area contributed by atoms with Gasteiger partial charge in [0.1, 0.15) is 5.75 Å². The minimum atomic E-state index is 0.324. The molecule has 2 rings (SSSR count). The van der Waals surface area contributed by atoms with Crippen molar-refractivity contribution in [2.45, 2.75) is 39.3 Å². The predicted octanol–water partition coefficient (Wildman–Crippen LogP) is 3.21. The Balaban J connectivity index is 1.75. The molecule has 1 aromatic heterocycles. The number of aromatic hydroxyl groups is 1. The SMILES string of the molecule is Cc1cccc(CNC(C)CCc2ccc(O)cc2)n1. The highest BCUT2D eigenvalue weighted by molar-refractivity contribution is 5.25. The second-order valence-electron chi connectivity index (χ2n) is 5.26. The lowest BCUT2D eigenvalue weighted by Crippen LogP contribution is -2.26. The molecule has 0 bridgehead atoms. The lowest BCUT2D eigenvalue weighted by atomic mass is 10.1. The molecule has 0 fully saturated rings. The molecule has 0 radical (unpaired) electrons. The summed E-state index contributed by atoms with van der Waals surface area (Å²) in [5.74, 6) is 0.324. The van der Waals surface area contributed by atoms with Crippen LogP contribution in [-0.2, 0) is 13.0 Å². The van der Waals surface area contributed by atoms with Crippen LogP contribution in [0.3, 0.4) is 0 Å². The van der Waals surface area contributed by atoms with E-state index in [2.05, 4.69) is 17.2 Å². The van der Waals surface area contributed by atoms with Crippen molar-refractivity contribution < 1.29 is 5.11 Å². The topological polar surface area (TPSA) is 45.1 Å². The summed E-state index contributed by atoms with van der Waals surface area (Å²) >= 11 is 0. The molecule has 0 aliphatic heterocycles. The summed E-state index contributed by atoms with van der Waals surface area (Å²) in [6.45, 7) is 5.01. The lowest BCUT2D eigenvalue weighted by Gasteiger charge is -2.13. The van der Waals surface area contributed by atoms with Crippen LogP contribution in [0.5, 0.6) is 5.75 Å². The van der Waals surface area contributed by atoms with Crippen molar-refractivity contribution in [1.82, 2.24) is 10.3 Å². The second-order valence-corrected chi connectivity index (χ2v) is 5.26. The number of nitrogens with one attached hydrogen (secondary N) is 1. The Labute approximate surface area is 120 Å². The zero-order valence-corrected chi connectivity index (χ0v) is 12.1. The monoisotopic (exact) mass is 270 g/mol. The van der Waals surface area contributed by atoms with E-state index in [0.29, 0.717) is 11.8 Å². The Morgan fingerprint density at radius 1 is 1.15 bits per heavy atom. The van der Waals surface area contributed by atoms with Crippen molar-refractivity contribution in [1.29, 1.82) is 0 Å². The molecule has 2 aromatic rings. The van der Waals surface area contributed by atoms with Gasteiger partial charge in [-0.1, -0.05) is 18.2 Å². The van der Waals surface area contributed by atoms with Gasteiger partial charge >= 0.3 is 0 Å². The summed E-state index contributed by atoms with van der Waals surface area (Å²) in [7, 11) is 0. The summed E-state index contributed by atoms with van der Waals surface area (Å²) in [4.78, 5) is 4.48. The molecule has 0 saturated carbocycles. The number of phenolic OH excluding ortho intramolecular Hbond substituents is 1. The molecule has 1 heterocycles. The zero-order chi connectivity index (χ0) is 14.4. The number of rotatable bonds is 6. The minimum Gasteiger partial charge on any atom is -0.508 e. The van der Waals surface area contributed by atoms with Crippen LogP contribution in [0, 0.1) is 6.92 Å². The number of phenols is 1. The third-order valence-corrected chi connectivity index (χ3v) is 3.38. The molecule has 1 unspecified atom stereocenters. The van der Waals surface area contributed by atoms with Crippen molar-refractivity contribution in [2.75, 3.05) is 0 Å². The predicted molar refractivity (Wildman–Crippen MR) is 81.7 cm³/mol. The van der Waals surface area contributed by atoms with Crippen LogP contribution in [-0.4, -0.2) is 16.1 Å². The fraction of sp³-hybridized carbons (Fsp3) is 0.353. The van der Waals surface area contributed by atoms with Crippen molar-refractivity contribution >= 4 is 0 Å². The summed E-state index contributed by atoms with van der Waals surface area (Å²) < 4.78 is 0. The number of aromatic nitrogens is 1. The molecule has 0 spiro atoms. The molecule has 0 amide bonds. The van der Waals surface area contributed by atoms with Gasteiger partial charge in [0, 0.05) is 18.3 Å². The van der Waals surface area contributed by atoms with E-state index in [1.54, 1.807) is 12.1 Å². The van der Waals surface area contributed by atoms with Gasteiger partial charge in [-0.3, -0.25) is 4.98 Å². The summed E-state index contributed by atoms with van der Waals surface area (Å²) in [5.41, 5.74) is 3.40. The standard InChI is InChI=1S/C17H22N2O/c1-13(6-7-15-8-10-17(20)11-9-15)18-12-16-5-3-4-14(2)19-16/h3-5,8-11,13,18,20H,6-7,12H2,1-2H3. The van der Waals surface area contributed by atoms with E-state index in [1.165, 1.54) is 5.56 Å². The maximum Gasteiger partial charge on any atom is 0.115 e. The molecule has 106 valence electrons. The van der Waals surface area contributed by atoms with Gasteiger partial charge in [-0.2, -0.15) is 0 Å². The third-order valence-electron chi connectivity index (χ3n) is 3.38. The van der Waals surface area contributed by atoms with Crippen LogP contribution < -0.4 is 5.32 Å². The van der Waals surface area contributed by atoms with E-state index in [0.717, 1.165) is 30.8 Å². The molecule has 0 saturated heterocycles. The Hall–Kier alpha value is -1.87. The van der Waals surface area contributed by atoms with Crippen LogP contribution in [0.1, 0.15) is 30.3 Å². The highest BCUT2D eigenvalue weighted by Crippen LogP contribution is 2.12. The third kappa shape index (κ3) is 4.67. The van der Waals surface area contributed by atoms with Gasteiger partial charge in [0.25, 0.3) is 0 Å². The van der Waals surface area contributed by atoms with E-state index in [1.807, 2.05) is 37.3 Å². The van der Waals surface area contributed by atoms with E-state index >= 15 is 0 Å². The highest BCUT2D eigenvalue weighted by atomic mass is 16.3. The number of hydrogen-bond donors (Lipinski definition) is 2. The Kier molecular flexibility index (Phi) is 5.13. The molecule has 3 nitrogen and oxygen atoms in total. The summed E-state index contributed by atoms with van der Waals surface area (Å²) in [5, 5.41) is 12.7. The largest absolute Gasteiger partial charge is 0.508 e. The Morgan fingerprint density at radius 2 is 1.90 bits per heavy atom. The maximum atomic E-state index is 9.25. The summed E-state index contributed by atoms with van der Waals surface area (Å²) in [6.07, 6.45) is 2.08. The summed E-state index contributed by atoms with van der Waals surface area (Å²) in [6, 6.07) is 14.0. The molecule has 20 heavy (non-hydrogen) atoms. The fourth-order valence-corrected chi connectivity index (χ4v) is 2.12. The first-order valence-corrected chi connectivity index (χ1v) is 7.07. The van der Waals surface area contributed by atoms with Crippen LogP contribution in [0.15, 0.2) is 42.5 Å². The minimum absolute atomic E-state index is 0.324. The number of hydrogen-bond acceptors (Lipinski definition) is 3. The van der Waals surface area contributed by atoms with Gasteiger partial charge in [0.2, 0.25) is 0 Å². The van der Waals surface area contributed by atoms with E-state index in [-0.39, 0.29) is 0 Å². The quantitative estimate of drug-likeness (QED) is 0.847. The lowest BCUT2D eigenvalue weighted by molar-refractivity contribution is 0.474. The van der Waals surface area contributed by atoms with E-state index < -0.39 is 0 Å². The van der Waals surface area contributed by atoms with Crippen molar-refractivity contribution in [3.63, 3.8) is 0 Å². The van der Waals surface area contributed by atoms with Gasteiger partial charge in [-0.15, -0.1) is 0 Å².